The molecule has 0 aliphatic heterocycles. The third kappa shape index (κ3) is 2.86. The Bertz CT molecular complexity index is 598. The molecule has 19 heavy (non-hydrogen) atoms. The number of fused-ring (bicyclic) bond motifs is 1. The third-order valence-electron chi connectivity index (χ3n) is 2.54. The van der Waals surface area contributed by atoms with Crippen molar-refractivity contribution in [2.75, 3.05) is 6.61 Å². The molecule has 0 atom stereocenters. The van der Waals surface area contributed by atoms with Crippen molar-refractivity contribution in [2.24, 2.45) is 0 Å². The fourth-order valence-corrected chi connectivity index (χ4v) is 2.26. The maximum atomic E-state index is 13.8. The summed E-state index contributed by atoms with van der Waals surface area (Å²) in [7, 11) is 0. The molecule has 3 nitrogen and oxygen atoms in total. The molecule has 0 saturated heterocycles. The van der Waals surface area contributed by atoms with E-state index in [-0.39, 0.29) is 17.6 Å². The van der Waals surface area contributed by atoms with Gasteiger partial charge in [0.05, 0.1) is 5.52 Å². The molecule has 2 rings (SSSR count). The summed E-state index contributed by atoms with van der Waals surface area (Å²) in [6.07, 6.45) is -2.60. The lowest BCUT2D eigenvalue weighted by molar-refractivity contribution is 0.0746. The fraction of sp³-hybridized carbons (Fsp3) is 0.417. The lowest BCUT2D eigenvalue weighted by Crippen LogP contribution is -2.12. The summed E-state index contributed by atoms with van der Waals surface area (Å²) in [6, 6.07) is 2.87. The minimum Gasteiger partial charge on any atom is -0.459 e. The minimum atomic E-state index is -2.60. The molecule has 1 heterocycles. The molecule has 1 aromatic heterocycles. The number of nitrogens with zero attached hydrogens (tertiary/aromatic N) is 2. The van der Waals surface area contributed by atoms with Crippen molar-refractivity contribution in [3.8, 4) is 6.01 Å². The van der Waals surface area contributed by atoms with E-state index in [9.17, 15) is 13.2 Å². The molecular weight excluding hydrogens is 325 g/mol. The smallest absolute Gasteiger partial charge is 0.297 e. The van der Waals surface area contributed by atoms with Gasteiger partial charge in [0.1, 0.15) is 5.52 Å². The largest absolute Gasteiger partial charge is 0.459 e. The van der Waals surface area contributed by atoms with E-state index in [1.807, 2.05) is 13.8 Å². The first-order valence-corrected chi connectivity index (χ1v) is 6.47. The van der Waals surface area contributed by atoms with Crippen LogP contribution in [0.2, 0.25) is 0 Å². The van der Waals surface area contributed by atoms with Gasteiger partial charge in [-0.25, -0.2) is 13.2 Å². The molecule has 0 spiro atoms. The van der Waals surface area contributed by atoms with Crippen molar-refractivity contribution < 1.29 is 17.9 Å². The van der Waals surface area contributed by atoms with Gasteiger partial charge < -0.3 is 4.74 Å². The molecule has 7 heteroatoms. The second kappa shape index (κ2) is 5.40. The van der Waals surface area contributed by atoms with E-state index in [0.717, 1.165) is 0 Å². The first kappa shape index (κ1) is 14.2. The Labute approximate surface area is 116 Å². The van der Waals surface area contributed by atoms with Crippen LogP contribution in [0.4, 0.5) is 13.2 Å². The lowest BCUT2D eigenvalue weighted by atomic mass is 10.3. The first-order valence-electron chi connectivity index (χ1n) is 5.68. The Hall–Kier alpha value is -1.24. The van der Waals surface area contributed by atoms with Crippen LogP contribution in [-0.4, -0.2) is 22.6 Å². The van der Waals surface area contributed by atoms with Crippen LogP contribution in [-0.2, 0) is 0 Å². The summed E-state index contributed by atoms with van der Waals surface area (Å²) < 4.78 is 45.3. The zero-order valence-electron chi connectivity index (χ0n) is 10.3. The van der Waals surface area contributed by atoms with E-state index >= 15 is 0 Å². The Morgan fingerprint density at radius 2 is 2.05 bits per heavy atom. The van der Waals surface area contributed by atoms with Gasteiger partial charge in [-0.3, -0.25) is 4.57 Å². The van der Waals surface area contributed by atoms with E-state index in [2.05, 4.69) is 20.9 Å². The molecule has 0 bridgehead atoms. The summed E-state index contributed by atoms with van der Waals surface area (Å²) in [5.74, 6) is -0.523. The van der Waals surface area contributed by atoms with Crippen LogP contribution in [0, 0.1) is 5.82 Å². The maximum absolute atomic E-state index is 13.8. The lowest BCUT2D eigenvalue weighted by Gasteiger charge is -2.13. The van der Waals surface area contributed by atoms with Gasteiger partial charge in [0.15, 0.2) is 12.4 Å². The Morgan fingerprint density at radius 1 is 1.37 bits per heavy atom. The van der Waals surface area contributed by atoms with Gasteiger partial charge in [-0.2, -0.15) is 4.98 Å². The van der Waals surface area contributed by atoms with Crippen molar-refractivity contribution in [3.63, 3.8) is 0 Å². The van der Waals surface area contributed by atoms with Crippen LogP contribution in [0.15, 0.2) is 16.6 Å². The number of ether oxygens (including phenoxy) is 1. The van der Waals surface area contributed by atoms with E-state index in [1.54, 1.807) is 10.6 Å². The molecule has 1 aromatic carbocycles. The van der Waals surface area contributed by atoms with Gasteiger partial charge in [-0.1, -0.05) is 15.9 Å². The number of alkyl halides is 2. The summed E-state index contributed by atoms with van der Waals surface area (Å²) in [4.78, 5) is 3.96. The van der Waals surface area contributed by atoms with Crippen LogP contribution in [0.3, 0.4) is 0 Å². The van der Waals surface area contributed by atoms with Gasteiger partial charge >= 0.3 is 0 Å². The highest BCUT2D eigenvalue weighted by Crippen LogP contribution is 2.30. The molecule has 0 radical (unpaired) electrons. The first-order chi connectivity index (χ1) is 8.90. The standard InChI is InChI=1S/C12H12BrF3N2O/c1-6(2)18-9-4-7(13)3-8(14)11(9)17-12(18)19-5-10(15)16/h3-4,6,10H,5H2,1-2H3. The van der Waals surface area contributed by atoms with E-state index < -0.39 is 18.8 Å². The average Bonchev–Trinajstić information content (AvgIpc) is 2.64. The van der Waals surface area contributed by atoms with Gasteiger partial charge in [-0.05, 0) is 26.0 Å². The highest BCUT2D eigenvalue weighted by molar-refractivity contribution is 9.10. The maximum Gasteiger partial charge on any atom is 0.297 e. The number of imidazole rings is 1. The predicted octanol–water partition coefficient (Wildman–Crippen LogP) is 4.16. The number of benzene rings is 1. The van der Waals surface area contributed by atoms with Crippen LogP contribution in [0.25, 0.3) is 11.0 Å². The Morgan fingerprint density at radius 3 is 2.63 bits per heavy atom. The number of halogens is 4. The van der Waals surface area contributed by atoms with Crippen molar-refractivity contribution in [1.29, 1.82) is 0 Å². The van der Waals surface area contributed by atoms with Crippen LogP contribution in [0.5, 0.6) is 6.01 Å². The molecule has 0 aliphatic rings. The topological polar surface area (TPSA) is 27.1 Å². The Balaban J connectivity index is 2.57. The number of hydrogen-bond donors (Lipinski definition) is 0. The zero-order valence-corrected chi connectivity index (χ0v) is 11.9. The van der Waals surface area contributed by atoms with Gasteiger partial charge in [0.2, 0.25) is 0 Å². The fourth-order valence-electron chi connectivity index (χ4n) is 1.84. The normalized spacial score (nSPS) is 11.8. The van der Waals surface area contributed by atoms with E-state index in [4.69, 9.17) is 4.74 Å². The number of aromatic nitrogens is 2. The number of hydrogen-bond acceptors (Lipinski definition) is 2. The predicted molar refractivity (Wildman–Crippen MR) is 69.3 cm³/mol. The SMILES string of the molecule is CC(C)n1c(OCC(F)F)nc2c(F)cc(Br)cc21. The van der Waals surface area contributed by atoms with E-state index in [1.165, 1.54) is 6.07 Å². The summed E-state index contributed by atoms with van der Waals surface area (Å²) in [5, 5.41) is 0. The van der Waals surface area contributed by atoms with Gasteiger partial charge in [0.25, 0.3) is 12.4 Å². The monoisotopic (exact) mass is 336 g/mol. The highest BCUT2D eigenvalue weighted by Gasteiger charge is 2.19. The minimum absolute atomic E-state index is 0.00213. The summed E-state index contributed by atoms with van der Waals surface area (Å²) in [6.45, 7) is 2.92. The number of rotatable bonds is 4. The van der Waals surface area contributed by atoms with Crippen LogP contribution in [0.1, 0.15) is 19.9 Å². The molecule has 0 aliphatic carbocycles. The highest BCUT2D eigenvalue weighted by atomic mass is 79.9. The van der Waals surface area contributed by atoms with Crippen molar-refractivity contribution in [2.45, 2.75) is 26.3 Å². The van der Waals surface area contributed by atoms with E-state index in [0.29, 0.717) is 9.99 Å². The zero-order chi connectivity index (χ0) is 14.2. The molecule has 0 unspecified atom stereocenters. The average molecular weight is 337 g/mol. The van der Waals surface area contributed by atoms with Crippen LogP contribution >= 0.6 is 15.9 Å². The summed E-state index contributed by atoms with van der Waals surface area (Å²) in [5.41, 5.74) is 0.618. The van der Waals surface area contributed by atoms with Crippen molar-refractivity contribution in [3.05, 3.63) is 22.4 Å². The molecule has 0 saturated carbocycles. The van der Waals surface area contributed by atoms with Crippen molar-refractivity contribution >= 4 is 27.0 Å². The summed E-state index contributed by atoms with van der Waals surface area (Å²) >= 11 is 3.20. The van der Waals surface area contributed by atoms with Gasteiger partial charge in [0, 0.05) is 10.5 Å². The Kier molecular flexibility index (Phi) is 4.03. The van der Waals surface area contributed by atoms with Crippen LogP contribution < -0.4 is 4.74 Å². The van der Waals surface area contributed by atoms with Crippen molar-refractivity contribution in [1.82, 2.24) is 9.55 Å². The quantitative estimate of drug-likeness (QED) is 0.838. The molecule has 0 N–H and O–H groups in total. The molecule has 2 aromatic rings. The second-order valence-corrected chi connectivity index (χ2v) is 5.23. The third-order valence-corrected chi connectivity index (χ3v) is 2.99. The van der Waals surface area contributed by atoms with Gasteiger partial charge in [-0.15, -0.1) is 0 Å². The molecule has 104 valence electrons. The molecule has 0 fully saturated rings. The molecule has 0 amide bonds. The second-order valence-electron chi connectivity index (χ2n) is 4.32. The molecular formula is C12H12BrF3N2O.